The van der Waals surface area contributed by atoms with Crippen LogP contribution in [-0.2, 0) is 0 Å². The molecule has 0 bridgehead atoms. The van der Waals surface area contributed by atoms with Gasteiger partial charge in [-0.2, -0.15) is 5.10 Å². The second-order valence-electron chi connectivity index (χ2n) is 5.01. The molecule has 1 saturated heterocycles. The van der Waals surface area contributed by atoms with Gasteiger partial charge in [0.05, 0.1) is 10.4 Å². The number of H-pyrrole nitrogens is 1. The lowest BCUT2D eigenvalue weighted by Gasteiger charge is -2.28. The summed E-state index contributed by atoms with van der Waals surface area (Å²) in [5, 5.41) is 19.2. The zero-order valence-corrected chi connectivity index (χ0v) is 10.8. The predicted molar refractivity (Wildman–Crippen MR) is 73.5 cm³/mol. The average molecular weight is 260 g/mol. The van der Waals surface area contributed by atoms with Crippen LogP contribution in [-0.4, -0.2) is 28.2 Å². The maximum absolute atomic E-state index is 11.3. The first kappa shape index (κ1) is 12.0. The Balaban J connectivity index is 2.14. The summed E-state index contributed by atoms with van der Waals surface area (Å²) in [7, 11) is 0. The van der Waals surface area contributed by atoms with Gasteiger partial charge >= 0.3 is 0 Å². The summed E-state index contributed by atoms with van der Waals surface area (Å²) >= 11 is 0. The molecule has 3 rings (SSSR count). The largest absolute Gasteiger partial charge is 0.366 e. The van der Waals surface area contributed by atoms with E-state index in [2.05, 4.69) is 15.1 Å². The molecule has 1 aliphatic rings. The number of aromatic amines is 1. The van der Waals surface area contributed by atoms with Gasteiger partial charge in [-0.05, 0) is 32.3 Å². The van der Waals surface area contributed by atoms with Crippen LogP contribution in [0.4, 0.5) is 11.4 Å². The Labute approximate surface area is 110 Å². The summed E-state index contributed by atoms with van der Waals surface area (Å²) < 4.78 is 0. The molecule has 0 aliphatic carbocycles. The zero-order valence-electron chi connectivity index (χ0n) is 10.8. The lowest BCUT2D eigenvalue weighted by Crippen LogP contribution is -2.29. The summed E-state index contributed by atoms with van der Waals surface area (Å²) in [4.78, 5) is 13.1. The third-order valence-electron chi connectivity index (χ3n) is 3.73. The molecule has 2 aromatic rings. The van der Waals surface area contributed by atoms with E-state index in [-0.39, 0.29) is 10.6 Å². The van der Waals surface area contributed by atoms with Crippen molar-refractivity contribution in [2.45, 2.75) is 26.2 Å². The van der Waals surface area contributed by atoms with Crippen LogP contribution >= 0.6 is 0 Å². The van der Waals surface area contributed by atoms with Crippen molar-refractivity contribution in [1.29, 1.82) is 0 Å². The first-order chi connectivity index (χ1) is 9.16. The highest BCUT2D eigenvalue weighted by Crippen LogP contribution is 2.34. The smallest absolute Gasteiger partial charge is 0.293 e. The number of benzene rings is 1. The maximum atomic E-state index is 11.3. The third kappa shape index (κ3) is 2.03. The molecule has 100 valence electrons. The van der Waals surface area contributed by atoms with Gasteiger partial charge in [0, 0.05) is 30.2 Å². The van der Waals surface area contributed by atoms with Crippen LogP contribution in [0.5, 0.6) is 0 Å². The molecule has 1 aromatic carbocycles. The SMILES string of the molecule is Cc1[nH]nc2cc(N3CCCCC3)c([N+](=O)[O-])cc12. The number of nitrogens with one attached hydrogen (secondary N) is 1. The number of fused-ring (bicyclic) bond motifs is 1. The van der Waals surface area contributed by atoms with Gasteiger partial charge in [-0.25, -0.2) is 0 Å². The molecule has 6 nitrogen and oxygen atoms in total. The zero-order chi connectivity index (χ0) is 13.4. The fourth-order valence-corrected chi connectivity index (χ4v) is 2.70. The first-order valence-corrected chi connectivity index (χ1v) is 6.55. The highest BCUT2D eigenvalue weighted by atomic mass is 16.6. The topological polar surface area (TPSA) is 75.1 Å². The quantitative estimate of drug-likeness (QED) is 0.665. The lowest BCUT2D eigenvalue weighted by molar-refractivity contribution is -0.384. The molecule has 0 spiro atoms. The number of piperidine rings is 1. The second-order valence-corrected chi connectivity index (χ2v) is 5.01. The van der Waals surface area contributed by atoms with Crippen molar-refractivity contribution in [3.8, 4) is 0 Å². The molecule has 0 atom stereocenters. The average Bonchev–Trinajstić information content (AvgIpc) is 2.79. The number of aryl methyl sites for hydroxylation is 1. The summed E-state index contributed by atoms with van der Waals surface area (Å²) in [6.45, 7) is 3.64. The van der Waals surface area contributed by atoms with E-state index in [9.17, 15) is 10.1 Å². The maximum Gasteiger partial charge on any atom is 0.293 e. The number of anilines is 1. The standard InChI is InChI=1S/C13H16N4O2/c1-9-10-7-13(17(18)19)12(8-11(10)15-14-9)16-5-3-2-4-6-16/h7-8H,2-6H2,1H3,(H,14,15). The number of hydrogen-bond acceptors (Lipinski definition) is 4. The van der Waals surface area contributed by atoms with Gasteiger partial charge in [-0.3, -0.25) is 15.2 Å². The lowest BCUT2D eigenvalue weighted by atomic mass is 10.1. The molecular formula is C13H16N4O2. The Morgan fingerprint density at radius 3 is 2.74 bits per heavy atom. The van der Waals surface area contributed by atoms with Crippen LogP contribution < -0.4 is 4.90 Å². The minimum Gasteiger partial charge on any atom is -0.366 e. The molecular weight excluding hydrogens is 244 g/mol. The predicted octanol–water partition coefficient (Wildman–Crippen LogP) is 2.77. The molecule has 1 N–H and O–H groups in total. The van der Waals surface area contributed by atoms with Gasteiger partial charge in [-0.1, -0.05) is 0 Å². The molecule has 1 fully saturated rings. The number of hydrogen-bond donors (Lipinski definition) is 1. The van der Waals surface area contributed by atoms with Gasteiger partial charge in [0.15, 0.2) is 0 Å². The summed E-state index contributed by atoms with van der Waals surface area (Å²) in [5.41, 5.74) is 2.54. The van der Waals surface area contributed by atoms with Crippen molar-refractivity contribution in [2.24, 2.45) is 0 Å². The van der Waals surface area contributed by atoms with E-state index in [0.29, 0.717) is 5.69 Å². The van der Waals surface area contributed by atoms with Crippen LogP contribution in [0.3, 0.4) is 0 Å². The van der Waals surface area contributed by atoms with E-state index in [1.54, 1.807) is 6.07 Å². The van der Waals surface area contributed by atoms with E-state index in [1.807, 2.05) is 13.0 Å². The van der Waals surface area contributed by atoms with E-state index in [1.165, 1.54) is 6.42 Å². The van der Waals surface area contributed by atoms with Crippen molar-refractivity contribution in [2.75, 3.05) is 18.0 Å². The minimum absolute atomic E-state index is 0.180. The van der Waals surface area contributed by atoms with Crippen LogP contribution in [0, 0.1) is 17.0 Å². The van der Waals surface area contributed by atoms with Gasteiger partial charge in [0.25, 0.3) is 5.69 Å². The molecule has 19 heavy (non-hydrogen) atoms. The minimum atomic E-state index is -0.296. The fraction of sp³-hybridized carbons (Fsp3) is 0.462. The third-order valence-corrected chi connectivity index (χ3v) is 3.73. The van der Waals surface area contributed by atoms with E-state index in [0.717, 1.165) is 42.5 Å². The Bertz CT molecular complexity index is 629. The van der Waals surface area contributed by atoms with E-state index in [4.69, 9.17) is 0 Å². The molecule has 0 amide bonds. The highest BCUT2D eigenvalue weighted by Gasteiger charge is 2.23. The van der Waals surface area contributed by atoms with E-state index < -0.39 is 0 Å². The first-order valence-electron chi connectivity index (χ1n) is 6.55. The summed E-state index contributed by atoms with van der Waals surface area (Å²) in [6.07, 6.45) is 3.39. The van der Waals surface area contributed by atoms with Crippen LogP contribution in [0.25, 0.3) is 10.9 Å². The van der Waals surface area contributed by atoms with Crippen molar-refractivity contribution in [3.05, 3.63) is 27.9 Å². The molecule has 0 unspecified atom stereocenters. The number of nitrogens with zero attached hydrogens (tertiary/aromatic N) is 3. The van der Waals surface area contributed by atoms with Crippen LogP contribution in [0.15, 0.2) is 12.1 Å². The second kappa shape index (κ2) is 4.53. The van der Waals surface area contributed by atoms with Gasteiger partial charge in [-0.15, -0.1) is 0 Å². The van der Waals surface area contributed by atoms with Crippen molar-refractivity contribution < 1.29 is 4.92 Å². The monoisotopic (exact) mass is 260 g/mol. The van der Waals surface area contributed by atoms with Crippen LogP contribution in [0.1, 0.15) is 25.0 Å². The van der Waals surface area contributed by atoms with E-state index >= 15 is 0 Å². The Hall–Kier alpha value is -2.11. The molecule has 6 heteroatoms. The number of aromatic nitrogens is 2. The van der Waals surface area contributed by atoms with Crippen molar-refractivity contribution >= 4 is 22.3 Å². The summed E-state index contributed by atoms with van der Waals surface area (Å²) in [5.74, 6) is 0. The fourth-order valence-electron chi connectivity index (χ4n) is 2.70. The molecule has 0 saturated carbocycles. The van der Waals surface area contributed by atoms with Crippen molar-refractivity contribution in [1.82, 2.24) is 10.2 Å². The van der Waals surface area contributed by atoms with Crippen molar-refractivity contribution in [3.63, 3.8) is 0 Å². The molecule has 2 heterocycles. The number of rotatable bonds is 2. The number of nitro groups is 1. The normalized spacial score (nSPS) is 15.9. The highest BCUT2D eigenvalue weighted by molar-refractivity contribution is 5.89. The Kier molecular flexibility index (Phi) is 2.85. The van der Waals surface area contributed by atoms with Gasteiger partial charge < -0.3 is 4.90 Å². The Morgan fingerprint density at radius 1 is 1.32 bits per heavy atom. The number of nitro benzene ring substituents is 1. The molecule has 1 aromatic heterocycles. The molecule has 1 aliphatic heterocycles. The summed E-state index contributed by atoms with van der Waals surface area (Å²) in [6, 6.07) is 3.47. The van der Waals surface area contributed by atoms with Crippen LogP contribution in [0.2, 0.25) is 0 Å². The van der Waals surface area contributed by atoms with Gasteiger partial charge in [0.2, 0.25) is 0 Å². The Morgan fingerprint density at radius 2 is 2.05 bits per heavy atom. The molecule has 0 radical (unpaired) electrons. The van der Waals surface area contributed by atoms with Gasteiger partial charge in [0.1, 0.15) is 5.69 Å².